The molecule has 1 fully saturated rings. The van der Waals surface area contributed by atoms with Crippen LogP contribution in [0.4, 0.5) is 4.39 Å². The Morgan fingerprint density at radius 3 is 2.79 bits per heavy atom. The van der Waals surface area contributed by atoms with Crippen molar-refractivity contribution in [2.75, 3.05) is 46.4 Å². The largest absolute Gasteiger partial charge is 0.497 e. The SMILES string of the molecule is COc1ccc2c(c1)O[C@H](C)CN(CCC(=O)N1CCCN(Cc3ccccc3F)CC1)C2. The summed E-state index contributed by atoms with van der Waals surface area (Å²) in [6.07, 6.45) is 1.44. The van der Waals surface area contributed by atoms with Gasteiger partial charge in [-0.3, -0.25) is 14.6 Å². The fourth-order valence-electron chi connectivity index (χ4n) is 4.65. The first kappa shape index (κ1) is 23.5. The Labute approximate surface area is 195 Å². The van der Waals surface area contributed by atoms with Crippen LogP contribution in [-0.2, 0) is 17.9 Å². The van der Waals surface area contributed by atoms with Gasteiger partial charge in [-0.25, -0.2) is 4.39 Å². The lowest BCUT2D eigenvalue weighted by Gasteiger charge is -2.25. The van der Waals surface area contributed by atoms with Crippen molar-refractivity contribution in [3.05, 3.63) is 59.4 Å². The molecule has 4 rings (SSSR count). The quantitative estimate of drug-likeness (QED) is 0.667. The Kier molecular flexibility index (Phi) is 7.83. The maximum Gasteiger partial charge on any atom is 0.223 e. The van der Waals surface area contributed by atoms with Crippen LogP contribution in [0.5, 0.6) is 11.5 Å². The number of amides is 1. The molecule has 1 amide bonds. The number of hydrogen-bond acceptors (Lipinski definition) is 5. The van der Waals surface area contributed by atoms with Crippen LogP contribution in [0.15, 0.2) is 42.5 Å². The van der Waals surface area contributed by atoms with Gasteiger partial charge in [0.05, 0.1) is 7.11 Å². The van der Waals surface area contributed by atoms with Crippen molar-refractivity contribution in [2.24, 2.45) is 0 Å². The van der Waals surface area contributed by atoms with Crippen LogP contribution in [0.3, 0.4) is 0 Å². The molecule has 1 saturated heterocycles. The Balaban J connectivity index is 1.29. The number of rotatable bonds is 6. The van der Waals surface area contributed by atoms with Crippen LogP contribution in [0, 0.1) is 5.82 Å². The van der Waals surface area contributed by atoms with Gasteiger partial charge in [0.1, 0.15) is 23.4 Å². The average molecular weight is 456 g/mol. The number of methoxy groups -OCH3 is 1. The molecule has 33 heavy (non-hydrogen) atoms. The maximum absolute atomic E-state index is 14.0. The van der Waals surface area contributed by atoms with Crippen molar-refractivity contribution in [1.29, 1.82) is 0 Å². The van der Waals surface area contributed by atoms with E-state index in [1.54, 1.807) is 13.2 Å². The third-order valence-corrected chi connectivity index (χ3v) is 6.45. The van der Waals surface area contributed by atoms with Crippen molar-refractivity contribution in [3.8, 4) is 11.5 Å². The molecular weight excluding hydrogens is 421 g/mol. The van der Waals surface area contributed by atoms with E-state index in [2.05, 4.69) is 16.7 Å². The van der Waals surface area contributed by atoms with Crippen LogP contribution in [0.25, 0.3) is 0 Å². The molecule has 2 aromatic rings. The maximum atomic E-state index is 14.0. The van der Waals surface area contributed by atoms with Gasteiger partial charge in [-0.2, -0.15) is 0 Å². The third kappa shape index (κ3) is 6.24. The third-order valence-electron chi connectivity index (χ3n) is 6.45. The smallest absolute Gasteiger partial charge is 0.223 e. The molecule has 7 heteroatoms. The Morgan fingerprint density at radius 1 is 1.12 bits per heavy atom. The van der Waals surface area contributed by atoms with Gasteiger partial charge < -0.3 is 14.4 Å². The van der Waals surface area contributed by atoms with E-state index < -0.39 is 0 Å². The number of nitrogens with zero attached hydrogens (tertiary/aromatic N) is 3. The molecule has 2 aliphatic rings. The predicted molar refractivity (Wildman–Crippen MR) is 126 cm³/mol. The van der Waals surface area contributed by atoms with Gasteiger partial charge in [0, 0.05) is 76.0 Å². The van der Waals surface area contributed by atoms with Gasteiger partial charge in [0.15, 0.2) is 0 Å². The van der Waals surface area contributed by atoms with E-state index in [1.807, 2.05) is 35.2 Å². The first-order valence-electron chi connectivity index (χ1n) is 11.8. The van der Waals surface area contributed by atoms with E-state index in [4.69, 9.17) is 9.47 Å². The molecule has 2 aromatic carbocycles. The molecule has 6 nitrogen and oxygen atoms in total. The van der Waals surface area contributed by atoms with Crippen molar-refractivity contribution < 1.29 is 18.7 Å². The monoisotopic (exact) mass is 455 g/mol. The molecule has 0 aliphatic carbocycles. The zero-order valence-corrected chi connectivity index (χ0v) is 19.6. The molecule has 0 spiro atoms. The first-order chi connectivity index (χ1) is 16.0. The molecule has 0 saturated carbocycles. The van der Waals surface area contributed by atoms with Crippen LogP contribution in [0.1, 0.15) is 30.9 Å². The topological polar surface area (TPSA) is 45.3 Å². The van der Waals surface area contributed by atoms with E-state index in [9.17, 15) is 9.18 Å². The van der Waals surface area contributed by atoms with E-state index >= 15 is 0 Å². The lowest BCUT2D eigenvalue weighted by atomic mass is 10.1. The number of halogens is 1. The Morgan fingerprint density at radius 2 is 1.97 bits per heavy atom. The molecule has 1 atom stereocenters. The van der Waals surface area contributed by atoms with Crippen LogP contribution >= 0.6 is 0 Å². The molecule has 0 radical (unpaired) electrons. The highest BCUT2D eigenvalue weighted by atomic mass is 19.1. The molecule has 0 N–H and O–H groups in total. The Hall–Kier alpha value is -2.64. The summed E-state index contributed by atoms with van der Waals surface area (Å²) in [5, 5.41) is 0. The summed E-state index contributed by atoms with van der Waals surface area (Å²) in [6.45, 7) is 7.97. The lowest BCUT2D eigenvalue weighted by Crippen LogP contribution is -2.38. The fourth-order valence-corrected chi connectivity index (χ4v) is 4.65. The van der Waals surface area contributed by atoms with E-state index in [1.165, 1.54) is 6.07 Å². The van der Waals surface area contributed by atoms with Gasteiger partial charge in [-0.15, -0.1) is 0 Å². The van der Waals surface area contributed by atoms with Crippen molar-refractivity contribution >= 4 is 5.91 Å². The van der Waals surface area contributed by atoms with Crippen LogP contribution in [-0.4, -0.2) is 73.1 Å². The number of benzene rings is 2. The summed E-state index contributed by atoms with van der Waals surface area (Å²) < 4.78 is 25.4. The second-order valence-corrected chi connectivity index (χ2v) is 8.99. The number of carbonyl (C=O) groups is 1. The molecular formula is C26H34FN3O3. The normalized spacial score (nSPS) is 19.8. The van der Waals surface area contributed by atoms with E-state index in [-0.39, 0.29) is 17.8 Å². The second kappa shape index (κ2) is 11.0. The first-order valence-corrected chi connectivity index (χ1v) is 11.8. The van der Waals surface area contributed by atoms with Crippen molar-refractivity contribution in [3.63, 3.8) is 0 Å². The molecule has 0 bridgehead atoms. The zero-order valence-electron chi connectivity index (χ0n) is 19.6. The molecule has 178 valence electrons. The Bertz CT molecular complexity index is 954. The zero-order chi connectivity index (χ0) is 23.2. The number of fused-ring (bicyclic) bond motifs is 1. The molecule has 2 aliphatic heterocycles. The van der Waals surface area contributed by atoms with E-state index in [0.29, 0.717) is 31.6 Å². The van der Waals surface area contributed by atoms with Crippen LogP contribution in [0.2, 0.25) is 0 Å². The standard InChI is InChI=1S/C26H34FN3O3/c1-20-17-29(19-22-8-9-23(32-2)16-25(22)33-20)13-10-26(31)30-12-5-11-28(14-15-30)18-21-6-3-4-7-24(21)27/h3-4,6-9,16,20H,5,10-15,17-19H2,1-2H3/t20-/m1/s1. The van der Waals surface area contributed by atoms with Crippen LogP contribution < -0.4 is 9.47 Å². The minimum atomic E-state index is -0.162. The summed E-state index contributed by atoms with van der Waals surface area (Å²) in [7, 11) is 1.65. The minimum Gasteiger partial charge on any atom is -0.497 e. The number of carbonyl (C=O) groups excluding carboxylic acids is 1. The number of ether oxygens (including phenoxy) is 2. The number of hydrogen-bond donors (Lipinski definition) is 0. The highest BCUT2D eigenvalue weighted by Crippen LogP contribution is 2.29. The fraction of sp³-hybridized carbons (Fsp3) is 0.500. The van der Waals surface area contributed by atoms with Crippen molar-refractivity contribution in [1.82, 2.24) is 14.7 Å². The average Bonchev–Trinajstić information content (AvgIpc) is 3.14. The summed E-state index contributed by atoms with van der Waals surface area (Å²) in [5.41, 5.74) is 1.83. The van der Waals surface area contributed by atoms with Gasteiger partial charge in [0.2, 0.25) is 5.91 Å². The highest BCUT2D eigenvalue weighted by Gasteiger charge is 2.24. The second-order valence-electron chi connectivity index (χ2n) is 8.99. The van der Waals surface area contributed by atoms with Gasteiger partial charge in [0.25, 0.3) is 0 Å². The molecule has 0 aromatic heterocycles. The van der Waals surface area contributed by atoms with Crippen molar-refractivity contribution in [2.45, 2.75) is 39.0 Å². The summed E-state index contributed by atoms with van der Waals surface area (Å²) in [4.78, 5) is 19.5. The lowest BCUT2D eigenvalue weighted by molar-refractivity contribution is -0.131. The predicted octanol–water partition coefficient (Wildman–Crippen LogP) is 3.54. The molecule has 0 unspecified atom stereocenters. The highest BCUT2D eigenvalue weighted by molar-refractivity contribution is 5.76. The summed E-state index contributed by atoms with van der Waals surface area (Å²) in [6, 6.07) is 12.9. The van der Waals surface area contributed by atoms with E-state index in [0.717, 1.165) is 56.2 Å². The summed E-state index contributed by atoms with van der Waals surface area (Å²) >= 11 is 0. The summed E-state index contributed by atoms with van der Waals surface area (Å²) in [5.74, 6) is 1.67. The van der Waals surface area contributed by atoms with Gasteiger partial charge in [-0.05, 0) is 25.5 Å². The minimum absolute atomic E-state index is 0.0404. The molecule has 2 heterocycles. The van der Waals surface area contributed by atoms with Gasteiger partial charge in [-0.1, -0.05) is 24.3 Å². The van der Waals surface area contributed by atoms with Gasteiger partial charge >= 0.3 is 0 Å².